The molecule has 1 N–H and O–H groups in total. The molecule has 68 valence electrons. The van der Waals surface area contributed by atoms with E-state index in [1.165, 1.54) is 0 Å². The van der Waals surface area contributed by atoms with Crippen LogP contribution in [0.4, 0.5) is 0 Å². The van der Waals surface area contributed by atoms with Crippen molar-refractivity contribution in [3.63, 3.8) is 0 Å². The molecular weight excluding hydrogens is 182 g/mol. The lowest BCUT2D eigenvalue weighted by molar-refractivity contribution is 0.684. The van der Waals surface area contributed by atoms with Crippen LogP contribution in [0.15, 0.2) is 35.4 Å². The molecule has 1 unspecified atom stereocenters. The molecule has 0 spiro atoms. The Morgan fingerprint density at radius 3 is 3.00 bits per heavy atom. The lowest BCUT2D eigenvalue weighted by Crippen LogP contribution is -1.92. The Kier molecular flexibility index (Phi) is 2.19. The number of aromatic nitrogens is 1. The molecule has 0 saturated carbocycles. The first-order chi connectivity index (χ1) is 6.31. The van der Waals surface area contributed by atoms with Crippen LogP contribution < -0.4 is 0 Å². The van der Waals surface area contributed by atoms with Gasteiger partial charge < -0.3 is 4.98 Å². The van der Waals surface area contributed by atoms with Crippen LogP contribution in [-0.4, -0.2) is 14.9 Å². The molecule has 0 aliphatic carbocycles. The Morgan fingerprint density at radius 1 is 1.38 bits per heavy atom. The highest BCUT2D eigenvalue weighted by molar-refractivity contribution is 7.85. The van der Waals surface area contributed by atoms with Gasteiger partial charge in [-0.3, -0.25) is 4.21 Å². The van der Waals surface area contributed by atoms with E-state index in [1.807, 2.05) is 37.4 Å². The van der Waals surface area contributed by atoms with Crippen LogP contribution in [0.5, 0.6) is 0 Å². The highest BCUT2D eigenvalue weighted by Gasteiger charge is 2.01. The fourth-order valence-corrected chi connectivity index (χ4v) is 2.15. The number of rotatable bonds is 2. The van der Waals surface area contributed by atoms with Crippen LogP contribution in [0.2, 0.25) is 0 Å². The molecule has 13 heavy (non-hydrogen) atoms. The largest absolute Gasteiger partial charge is 0.361 e. The van der Waals surface area contributed by atoms with E-state index in [9.17, 15) is 4.21 Å². The molecule has 2 rings (SSSR count). The molecular formula is C10H11NOS. The predicted octanol–water partition coefficient (Wildman–Crippen LogP) is 2.30. The van der Waals surface area contributed by atoms with E-state index in [4.69, 9.17) is 0 Å². The number of hydrogen-bond donors (Lipinski definition) is 1. The molecule has 1 aromatic heterocycles. The maximum absolute atomic E-state index is 11.5. The number of aromatic amines is 1. The SMILES string of the molecule is CCS(=O)c1ccc2[nH]ccc2c1. The van der Waals surface area contributed by atoms with Gasteiger partial charge in [-0.15, -0.1) is 0 Å². The van der Waals surface area contributed by atoms with Gasteiger partial charge in [0.25, 0.3) is 0 Å². The van der Waals surface area contributed by atoms with E-state index in [0.717, 1.165) is 15.8 Å². The first-order valence-electron chi connectivity index (χ1n) is 4.27. The van der Waals surface area contributed by atoms with Crippen LogP contribution in [-0.2, 0) is 10.8 Å². The van der Waals surface area contributed by atoms with Gasteiger partial charge in [-0.2, -0.15) is 0 Å². The van der Waals surface area contributed by atoms with Crippen molar-refractivity contribution in [1.29, 1.82) is 0 Å². The molecule has 1 atom stereocenters. The van der Waals surface area contributed by atoms with Gasteiger partial charge in [0.2, 0.25) is 0 Å². The predicted molar refractivity (Wildman–Crippen MR) is 55.2 cm³/mol. The van der Waals surface area contributed by atoms with Crippen molar-refractivity contribution in [2.45, 2.75) is 11.8 Å². The van der Waals surface area contributed by atoms with Gasteiger partial charge in [-0.1, -0.05) is 6.92 Å². The number of fused-ring (bicyclic) bond motifs is 1. The molecule has 0 bridgehead atoms. The van der Waals surface area contributed by atoms with E-state index in [0.29, 0.717) is 5.75 Å². The second kappa shape index (κ2) is 3.34. The number of nitrogens with one attached hydrogen (secondary N) is 1. The third kappa shape index (κ3) is 1.52. The van der Waals surface area contributed by atoms with E-state index in [-0.39, 0.29) is 0 Å². The van der Waals surface area contributed by atoms with Crippen molar-refractivity contribution < 1.29 is 4.21 Å². The zero-order valence-electron chi connectivity index (χ0n) is 7.41. The first-order valence-corrected chi connectivity index (χ1v) is 5.58. The van der Waals surface area contributed by atoms with Crippen molar-refractivity contribution in [1.82, 2.24) is 4.98 Å². The zero-order chi connectivity index (χ0) is 9.26. The van der Waals surface area contributed by atoms with Crippen LogP contribution in [0.25, 0.3) is 10.9 Å². The molecule has 0 fully saturated rings. The molecule has 3 heteroatoms. The Morgan fingerprint density at radius 2 is 2.23 bits per heavy atom. The van der Waals surface area contributed by atoms with Gasteiger partial charge in [-0.25, -0.2) is 0 Å². The van der Waals surface area contributed by atoms with Crippen molar-refractivity contribution in [3.05, 3.63) is 30.5 Å². The van der Waals surface area contributed by atoms with Gasteiger partial charge >= 0.3 is 0 Å². The average Bonchev–Trinajstić information content (AvgIpc) is 2.63. The molecule has 0 saturated heterocycles. The van der Waals surface area contributed by atoms with Gasteiger partial charge in [0.15, 0.2) is 0 Å². The summed E-state index contributed by atoms with van der Waals surface area (Å²) in [6.07, 6.45) is 1.89. The Hall–Kier alpha value is -1.09. The number of benzene rings is 1. The second-order valence-corrected chi connectivity index (χ2v) is 4.60. The smallest absolute Gasteiger partial charge is 0.0526 e. The third-order valence-electron chi connectivity index (χ3n) is 2.05. The molecule has 2 aromatic rings. The zero-order valence-corrected chi connectivity index (χ0v) is 8.23. The highest BCUT2D eigenvalue weighted by Crippen LogP contribution is 2.16. The van der Waals surface area contributed by atoms with E-state index < -0.39 is 10.8 Å². The van der Waals surface area contributed by atoms with Crippen molar-refractivity contribution >= 4 is 21.7 Å². The van der Waals surface area contributed by atoms with Crippen molar-refractivity contribution in [3.8, 4) is 0 Å². The number of H-pyrrole nitrogens is 1. The van der Waals surface area contributed by atoms with Crippen LogP contribution in [0, 0.1) is 0 Å². The minimum atomic E-state index is -0.844. The van der Waals surface area contributed by atoms with Gasteiger partial charge in [0, 0.05) is 27.7 Å². The summed E-state index contributed by atoms with van der Waals surface area (Å²) in [4.78, 5) is 4.02. The maximum Gasteiger partial charge on any atom is 0.0526 e. The molecule has 0 aliphatic rings. The molecule has 1 heterocycles. The minimum absolute atomic E-state index is 0.677. The molecule has 0 radical (unpaired) electrons. The summed E-state index contributed by atoms with van der Waals surface area (Å²) in [5.41, 5.74) is 1.09. The summed E-state index contributed by atoms with van der Waals surface area (Å²) in [6.45, 7) is 1.93. The Bertz CT molecular complexity index is 447. The van der Waals surface area contributed by atoms with Crippen molar-refractivity contribution in [2.24, 2.45) is 0 Å². The van der Waals surface area contributed by atoms with E-state index in [2.05, 4.69) is 4.98 Å². The van der Waals surface area contributed by atoms with Crippen LogP contribution in [0.1, 0.15) is 6.92 Å². The molecule has 0 amide bonds. The van der Waals surface area contributed by atoms with E-state index in [1.54, 1.807) is 0 Å². The molecule has 2 nitrogen and oxygen atoms in total. The lowest BCUT2D eigenvalue weighted by Gasteiger charge is -1.98. The summed E-state index contributed by atoms with van der Waals surface area (Å²) in [5.74, 6) is 0.677. The maximum atomic E-state index is 11.5. The standard InChI is InChI=1S/C10H11NOS/c1-2-13(12)9-3-4-10-8(7-9)5-6-11-10/h3-7,11H,2H2,1H3. The quantitative estimate of drug-likeness (QED) is 0.780. The fourth-order valence-electron chi connectivity index (χ4n) is 1.34. The normalized spacial score (nSPS) is 13.3. The first kappa shape index (κ1) is 8.51. The van der Waals surface area contributed by atoms with Gasteiger partial charge in [0.05, 0.1) is 10.8 Å². The van der Waals surface area contributed by atoms with Crippen LogP contribution in [0.3, 0.4) is 0 Å². The number of hydrogen-bond acceptors (Lipinski definition) is 1. The summed E-state index contributed by atoms with van der Waals surface area (Å²) in [6, 6.07) is 7.85. The van der Waals surface area contributed by atoms with Crippen LogP contribution >= 0.6 is 0 Å². The fraction of sp³-hybridized carbons (Fsp3) is 0.200. The van der Waals surface area contributed by atoms with Crippen molar-refractivity contribution in [2.75, 3.05) is 5.75 Å². The average molecular weight is 193 g/mol. The summed E-state index contributed by atoms with van der Waals surface area (Å²) in [7, 11) is -0.844. The minimum Gasteiger partial charge on any atom is -0.361 e. The molecule has 0 aliphatic heterocycles. The summed E-state index contributed by atoms with van der Waals surface area (Å²) in [5, 5.41) is 1.12. The Labute approximate surface area is 79.4 Å². The summed E-state index contributed by atoms with van der Waals surface area (Å²) >= 11 is 0. The second-order valence-electron chi connectivity index (χ2n) is 2.86. The monoisotopic (exact) mass is 193 g/mol. The highest BCUT2D eigenvalue weighted by atomic mass is 32.2. The Balaban J connectivity index is 2.54. The lowest BCUT2D eigenvalue weighted by atomic mass is 10.2. The van der Waals surface area contributed by atoms with Gasteiger partial charge in [0.1, 0.15) is 0 Å². The van der Waals surface area contributed by atoms with Gasteiger partial charge in [-0.05, 0) is 24.3 Å². The van der Waals surface area contributed by atoms with E-state index >= 15 is 0 Å². The summed E-state index contributed by atoms with van der Waals surface area (Å²) < 4.78 is 11.5. The molecule has 1 aromatic carbocycles. The topological polar surface area (TPSA) is 32.9 Å². The third-order valence-corrected chi connectivity index (χ3v) is 3.35.